The van der Waals surface area contributed by atoms with Crippen molar-refractivity contribution in [3.8, 4) is 11.4 Å². The second-order valence-electron chi connectivity index (χ2n) is 5.93. The van der Waals surface area contributed by atoms with Crippen LogP contribution in [0.15, 0.2) is 30.9 Å². The van der Waals surface area contributed by atoms with Crippen molar-refractivity contribution in [2.45, 2.75) is 25.4 Å². The average Bonchev–Trinajstić information content (AvgIpc) is 3.05. The van der Waals surface area contributed by atoms with Crippen LogP contribution in [-0.2, 0) is 6.18 Å². The molecule has 1 saturated heterocycles. The first-order valence-electron chi connectivity index (χ1n) is 8.01. The van der Waals surface area contributed by atoms with Crippen LogP contribution in [0.3, 0.4) is 0 Å². The van der Waals surface area contributed by atoms with Crippen LogP contribution in [0.5, 0.6) is 0 Å². The molecule has 0 N–H and O–H groups in total. The number of rotatable bonds is 2. The summed E-state index contributed by atoms with van der Waals surface area (Å²) >= 11 is 0. The van der Waals surface area contributed by atoms with Gasteiger partial charge in [0.15, 0.2) is 11.3 Å². The number of imidazole rings is 1. The summed E-state index contributed by atoms with van der Waals surface area (Å²) in [7, 11) is 0. The number of hydrogen-bond acceptors (Lipinski definition) is 5. The van der Waals surface area contributed by atoms with E-state index < -0.39 is 11.9 Å². The lowest BCUT2D eigenvalue weighted by atomic mass is 10.1. The van der Waals surface area contributed by atoms with E-state index in [2.05, 4.69) is 24.8 Å². The lowest BCUT2D eigenvalue weighted by Gasteiger charge is -2.26. The summed E-state index contributed by atoms with van der Waals surface area (Å²) < 4.78 is 40.2. The van der Waals surface area contributed by atoms with Gasteiger partial charge in [0.25, 0.3) is 0 Å². The SMILES string of the molecule is FC(F)(F)c1cn2c(-c3ccnc(N4CCCCC4)n3)cnc2cn1. The Bertz CT molecular complexity index is 898. The number of nitrogens with zero attached hydrogens (tertiary/aromatic N) is 6. The molecule has 4 rings (SSSR count). The summed E-state index contributed by atoms with van der Waals surface area (Å²) in [5, 5.41) is 0. The molecule has 1 aliphatic rings. The number of alkyl halides is 3. The number of hydrogen-bond donors (Lipinski definition) is 0. The highest BCUT2D eigenvalue weighted by Crippen LogP contribution is 2.29. The number of aromatic nitrogens is 5. The highest BCUT2D eigenvalue weighted by Gasteiger charge is 2.33. The topological polar surface area (TPSA) is 59.2 Å². The third-order valence-corrected chi connectivity index (χ3v) is 4.23. The van der Waals surface area contributed by atoms with Crippen molar-refractivity contribution in [2.24, 2.45) is 0 Å². The van der Waals surface area contributed by atoms with Gasteiger partial charge in [-0.3, -0.25) is 4.40 Å². The summed E-state index contributed by atoms with van der Waals surface area (Å²) in [4.78, 5) is 18.5. The molecular weight excluding hydrogens is 333 g/mol. The molecule has 0 saturated carbocycles. The molecule has 130 valence electrons. The van der Waals surface area contributed by atoms with Crippen molar-refractivity contribution in [2.75, 3.05) is 18.0 Å². The van der Waals surface area contributed by atoms with Gasteiger partial charge in [-0.15, -0.1) is 0 Å². The minimum atomic E-state index is -4.51. The van der Waals surface area contributed by atoms with Crippen LogP contribution in [0.1, 0.15) is 25.0 Å². The molecule has 0 aliphatic carbocycles. The first-order chi connectivity index (χ1) is 12.0. The zero-order valence-corrected chi connectivity index (χ0v) is 13.2. The molecule has 0 atom stereocenters. The quantitative estimate of drug-likeness (QED) is 0.712. The molecule has 0 spiro atoms. The number of halogens is 3. The molecule has 4 heterocycles. The third kappa shape index (κ3) is 3.01. The fraction of sp³-hybridized carbons (Fsp3) is 0.375. The van der Waals surface area contributed by atoms with Crippen LogP contribution in [0.4, 0.5) is 19.1 Å². The highest BCUT2D eigenvalue weighted by atomic mass is 19.4. The van der Waals surface area contributed by atoms with Crippen molar-refractivity contribution < 1.29 is 13.2 Å². The van der Waals surface area contributed by atoms with E-state index in [0.717, 1.165) is 38.3 Å². The Labute approximate surface area is 141 Å². The number of piperidine rings is 1. The summed E-state index contributed by atoms with van der Waals surface area (Å²) in [6.45, 7) is 1.78. The number of anilines is 1. The van der Waals surface area contributed by atoms with Crippen LogP contribution in [0.25, 0.3) is 17.0 Å². The van der Waals surface area contributed by atoms with Crippen LogP contribution >= 0.6 is 0 Å². The molecule has 9 heteroatoms. The first kappa shape index (κ1) is 15.8. The van der Waals surface area contributed by atoms with E-state index in [1.54, 1.807) is 12.3 Å². The third-order valence-electron chi connectivity index (χ3n) is 4.23. The van der Waals surface area contributed by atoms with Gasteiger partial charge in [0.1, 0.15) is 0 Å². The van der Waals surface area contributed by atoms with E-state index in [4.69, 9.17) is 0 Å². The van der Waals surface area contributed by atoms with Crippen molar-refractivity contribution in [3.63, 3.8) is 0 Å². The van der Waals surface area contributed by atoms with Crippen LogP contribution in [0.2, 0.25) is 0 Å². The molecule has 3 aromatic heterocycles. The second kappa shape index (κ2) is 5.98. The Kier molecular flexibility index (Phi) is 3.78. The molecular formula is C16H15F3N6. The molecule has 0 bridgehead atoms. The molecule has 0 aromatic carbocycles. The van der Waals surface area contributed by atoms with Gasteiger partial charge in [0.05, 0.1) is 23.8 Å². The average molecular weight is 348 g/mol. The predicted molar refractivity (Wildman–Crippen MR) is 85.1 cm³/mol. The molecule has 1 aliphatic heterocycles. The smallest absolute Gasteiger partial charge is 0.341 e. The van der Waals surface area contributed by atoms with E-state index in [9.17, 15) is 13.2 Å². The highest BCUT2D eigenvalue weighted by molar-refractivity contribution is 5.60. The summed E-state index contributed by atoms with van der Waals surface area (Å²) in [6, 6.07) is 1.67. The molecule has 0 unspecified atom stereocenters. The van der Waals surface area contributed by atoms with Gasteiger partial charge < -0.3 is 4.90 Å². The Morgan fingerprint density at radius 3 is 2.52 bits per heavy atom. The second-order valence-corrected chi connectivity index (χ2v) is 5.93. The molecule has 1 fully saturated rings. The maximum Gasteiger partial charge on any atom is 0.434 e. The van der Waals surface area contributed by atoms with E-state index in [-0.39, 0.29) is 0 Å². The Hall–Kier alpha value is -2.71. The van der Waals surface area contributed by atoms with Gasteiger partial charge in [-0.2, -0.15) is 13.2 Å². The predicted octanol–water partition coefficient (Wildman–Crippen LogP) is 3.20. The maximum absolute atomic E-state index is 12.9. The van der Waals surface area contributed by atoms with Gasteiger partial charge in [0, 0.05) is 25.5 Å². The normalized spacial score (nSPS) is 15.7. The van der Waals surface area contributed by atoms with Crippen LogP contribution in [0, 0.1) is 0 Å². The van der Waals surface area contributed by atoms with Gasteiger partial charge in [-0.25, -0.2) is 19.9 Å². The zero-order valence-electron chi connectivity index (χ0n) is 13.2. The minimum Gasteiger partial charge on any atom is -0.341 e. The molecule has 0 amide bonds. The molecule has 25 heavy (non-hydrogen) atoms. The van der Waals surface area contributed by atoms with Gasteiger partial charge in [-0.1, -0.05) is 0 Å². The Balaban J connectivity index is 1.76. The standard InChI is InChI=1S/C16H15F3N6/c17-16(18,19)13-10-25-12(8-22-14(25)9-21-13)11-4-5-20-15(23-11)24-6-2-1-3-7-24/h4-5,8-10H,1-3,6-7H2. The van der Waals surface area contributed by atoms with Gasteiger partial charge in [-0.05, 0) is 25.3 Å². The number of fused-ring (bicyclic) bond motifs is 1. The maximum atomic E-state index is 12.9. The molecule has 3 aromatic rings. The lowest BCUT2D eigenvalue weighted by molar-refractivity contribution is -0.141. The Morgan fingerprint density at radius 2 is 1.76 bits per heavy atom. The largest absolute Gasteiger partial charge is 0.434 e. The zero-order chi connectivity index (χ0) is 17.4. The first-order valence-corrected chi connectivity index (χ1v) is 8.01. The van der Waals surface area contributed by atoms with Crippen molar-refractivity contribution in [3.05, 3.63) is 36.5 Å². The van der Waals surface area contributed by atoms with Crippen LogP contribution < -0.4 is 4.90 Å². The van der Waals surface area contributed by atoms with Crippen molar-refractivity contribution >= 4 is 11.6 Å². The van der Waals surface area contributed by atoms with Crippen molar-refractivity contribution in [1.82, 2.24) is 24.3 Å². The fourth-order valence-electron chi connectivity index (χ4n) is 2.96. The van der Waals surface area contributed by atoms with Gasteiger partial charge in [0.2, 0.25) is 5.95 Å². The molecule has 0 radical (unpaired) electrons. The Morgan fingerprint density at radius 1 is 0.960 bits per heavy atom. The molecule has 6 nitrogen and oxygen atoms in total. The van der Waals surface area contributed by atoms with E-state index in [0.29, 0.717) is 23.0 Å². The lowest BCUT2D eigenvalue weighted by Crippen LogP contribution is -2.31. The van der Waals surface area contributed by atoms with Crippen LogP contribution in [-0.4, -0.2) is 37.4 Å². The summed E-state index contributed by atoms with van der Waals surface area (Å²) in [5.41, 5.74) is 0.372. The summed E-state index contributed by atoms with van der Waals surface area (Å²) in [6.07, 6.45) is 4.03. The van der Waals surface area contributed by atoms with E-state index in [1.165, 1.54) is 17.0 Å². The summed E-state index contributed by atoms with van der Waals surface area (Å²) in [5.74, 6) is 0.595. The van der Waals surface area contributed by atoms with E-state index in [1.807, 2.05) is 0 Å². The van der Waals surface area contributed by atoms with E-state index >= 15 is 0 Å². The fourth-order valence-corrected chi connectivity index (χ4v) is 2.96. The monoisotopic (exact) mass is 348 g/mol. The van der Waals surface area contributed by atoms with Crippen molar-refractivity contribution in [1.29, 1.82) is 0 Å². The van der Waals surface area contributed by atoms with Gasteiger partial charge >= 0.3 is 6.18 Å². The minimum absolute atomic E-state index is 0.334.